The molecule has 0 amide bonds. The van der Waals surface area contributed by atoms with Crippen molar-refractivity contribution in [1.82, 2.24) is 15.2 Å². The minimum Gasteiger partial charge on any atom is -0.397 e. The minimum absolute atomic E-state index is 0.407. The van der Waals surface area contributed by atoms with Gasteiger partial charge in [0.2, 0.25) is 0 Å². The molecule has 210 valence electrons. The number of hydrogen-bond acceptors (Lipinski definition) is 6. The highest BCUT2D eigenvalue weighted by Crippen LogP contribution is 2.34. The molecule has 1 aliphatic rings. The van der Waals surface area contributed by atoms with Crippen molar-refractivity contribution < 1.29 is 4.74 Å². The van der Waals surface area contributed by atoms with Crippen molar-refractivity contribution in [2.75, 3.05) is 45.1 Å². The molecule has 1 saturated heterocycles. The average Bonchev–Trinajstić information content (AvgIpc) is 3.05. The Bertz CT molecular complexity index is 1690. The van der Waals surface area contributed by atoms with E-state index < -0.39 is 0 Å². The third-order valence-electron chi connectivity index (χ3n) is 7.95. The highest BCUT2D eigenvalue weighted by Gasteiger charge is 2.16. The van der Waals surface area contributed by atoms with Gasteiger partial charge in [0.25, 0.3) is 0 Å². The topological polar surface area (TPSA) is 87.2 Å². The summed E-state index contributed by atoms with van der Waals surface area (Å²) in [6.45, 7) is 6.76. The van der Waals surface area contributed by atoms with Crippen molar-refractivity contribution in [1.29, 1.82) is 5.26 Å². The maximum absolute atomic E-state index is 9.98. The number of anilines is 1. The normalized spacial score (nSPS) is 13.7. The Morgan fingerprint density at radius 1 is 0.810 bits per heavy atom. The zero-order valence-electron chi connectivity index (χ0n) is 23.7. The van der Waals surface area contributed by atoms with Crippen LogP contribution in [0.5, 0.6) is 0 Å². The van der Waals surface area contributed by atoms with E-state index in [-0.39, 0.29) is 0 Å². The smallest absolute Gasteiger partial charge is 0.104 e. The molecule has 0 saturated carbocycles. The van der Waals surface area contributed by atoms with Crippen LogP contribution in [0.2, 0.25) is 0 Å². The molecule has 6 rings (SSSR count). The largest absolute Gasteiger partial charge is 0.397 e. The molecule has 6 nitrogen and oxygen atoms in total. The lowest BCUT2D eigenvalue weighted by atomic mass is 9.97. The molecule has 42 heavy (non-hydrogen) atoms. The van der Waals surface area contributed by atoms with Crippen molar-refractivity contribution in [3.8, 4) is 39.6 Å². The van der Waals surface area contributed by atoms with Gasteiger partial charge in [-0.1, -0.05) is 91.0 Å². The Labute approximate surface area is 247 Å². The molecule has 5 aromatic rings. The minimum atomic E-state index is 0.407. The number of nitrogens with one attached hydrogen (secondary N) is 1. The van der Waals surface area contributed by atoms with E-state index in [1.807, 2.05) is 36.4 Å². The van der Waals surface area contributed by atoms with Gasteiger partial charge in [0.1, 0.15) is 11.6 Å². The Balaban J connectivity index is 1.17. The molecule has 3 N–H and O–H groups in total. The summed E-state index contributed by atoms with van der Waals surface area (Å²) >= 11 is 0. The summed E-state index contributed by atoms with van der Waals surface area (Å²) in [6.07, 6.45) is 1.14. The lowest BCUT2D eigenvalue weighted by Gasteiger charge is -2.26. The van der Waals surface area contributed by atoms with E-state index in [1.165, 1.54) is 5.56 Å². The van der Waals surface area contributed by atoms with Crippen LogP contribution >= 0.6 is 0 Å². The quantitative estimate of drug-likeness (QED) is 0.203. The van der Waals surface area contributed by atoms with Crippen molar-refractivity contribution >= 4 is 16.6 Å². The first-order chi connectivity index (χ1) is 20.7. The third-order valence-corrected chi connectivity index (χ3v) is 7.95. The van der Waals surface area contributed by atoms with Crippen molar-refractivity contribution in [2.45, 2.75) is 13.0 Å². The molecule has 0 radical (unpaired) electrons. The molecule has 0 atom stereocenters. The molecule has 1 aromatic heterocycles. The van der Waals surface area contributed by atoms with Gasteiger partial charge in [0.05, 0.1) is 30.1 Å². The second kappa shape index (κ2) is 13.0. The first-order valence-electron chi connectivity index (χ1n) is 14.6. The van der Waals surface area contributed by atoms with E-state index in [2.05, 4.69) is 76.9 Å². The van der Waals surface area contributed by atoms with E-state index >= 15 is 0 Å². The van der Waals surface area contributed by atoms with Crippen LogP contribution in [0.15, 0.2) is 97.1 Å². The number of nitrogens with zero attached hydrogens (tertiary/aromatic N) is 3. The van der Waals surface area contributed by atoms with Crippen molar-refractivity contribution in [2.24, 2.45) is 0 Å². The number of nitrogen functional groups attached to an aromatic ring is 1. The van der Waals surface area contributed by atoms with Gasteiger partial charge in [-0.15, -0.1) is 0 Å². The summed E-state index contributed by atoms with van der Waals surface area (Å²) in [7, 11) is 0. The van der Waals surface area contributed by atoms with Gasteiger partial charge >= 0.3 is 0 Å². The molecule has 4 aromatic carbocycles. The summed E-state index contributed by atoms with van der Waals surface area (Å²) in [4.78, 5) is 7.42. The number of pyridine rings is 1. The Morgan fingerprint density at radius 3 is 2.19 bits per heavy atom. The Morgan fingerprint density at radius 2 is 1.45 bits per heavy atom. The number of aromatic nitrogens is 1. The zero-order chi connectivity index (χ0) is 28.7. The predicted molar refractivity (Wildman–Crippen MR) is 171 cm³/mol. The van der Waals surface area contributed by atoms with Crippen LogP contribution in [0.1, 0.15) is 17.5 Å². The molecule has 0 unspecified atom stereocenters. The zero-order valence-corrected chi connectivity index (χ0v) is 23.7. The summed E-state index contributed by atoms with van der Waals surface area (Å²) in [5, 5.41) is 14.3. The van der Waals surface area contributed by atoms with Crippen LogP contribution in [0, 0.1) is 11.3 Å². The lowest BCUT2D eigenvalue weighted by molar-refractivity contribution is 0.0374. The van der Waals surface area contributed by atoms with Gasteiger partial charge in [-0.2, -0.15) is 5.26 Å². The number of hydrogen-bond donors (Lipinski definition) is 2. The number of rotatable bonds is 9. The summed E-state index contributed by atoms with van der Waals surface area (Å²) in [5.41, 5.74) is 15.3. The van der Waals surface area contributed by atoms with E-state index in [9.17, 15) is 5.26 Å². The van der Waals surface area contributed by atoms with E-state index in [4.69, 9.17) is 15.5 Å². The molecule has 0 spiro atoms. The van der Waals surface area contributed by atoms with E-state index in [0.29, 0.717) is 16.9 Å². The molecule has 0 aliphatic carbocycles. The van der Waals surface area contributed by atoms with Crippen LogP contribution in [0.25, 0.3) is 44.4 Å². The fourth-order valence-corrected chi connectivity index (χ4v) is 5.54. The highest BCUT2D eigenvalue weighted by atomic mass is 16.5. The molecular formula is C36H35N5O. The Kier molecular flexibility index (Phi) is 8.53. The van der Waals surface area contributed by atoms with Crippen LogP contribution in [-0.2, 0) is 11.3 Å². The van der Waals surface area contributed by atoms with Gasteiger partial charge in [0, 0.05) is 30.6 Å². The van der Waals surface area contributed by atoms with Crippen LogP contribution in [-0.4, -0.2) is 49.3 Å². The second-order valence-electron chi connectivity index (χ2n) is 10.7. The molecule has 1 aliphatic heterocycles. The van der Waals surface area contributed by atoms with Gasteiger partial charge in [-0.25, -0.2) is 4.98 Å². The van der Waals surface area contributed by atoms with Gasteiger partial charge in [0.15, 0.2) is 0 Å². The van der Waals surface area contributed by atoms with Crippen LogP contribution < -0.4 is 11.1 Å². The molecule has 1 fully saturated rings. The number of ether oxygens (including phenoxy) is 1. The van der Waals surface area contributed by atoms with E-state index in [0.717, 1.165) is 91.1 Å². The number of benzene rings is 4. The monoisotopic (exact) mass is 553 g/mol. The fraction of sp³-hybridized carbons (Fsp3) is 0.222. The predicted octanol–water partition coefficient (Wildman–Crippen LogP) is 6.50. The third kappa shape index (κ3) is 6.19. The number of fused-ring (bicyclic) bond motifs is 1. The second-order valence-corrected chi connectivity index (χ2v) is 10.7. The fourth-order valence-electron chi connectivity index (χ4n) is 5.54. The first-order valence-corrected chi connectivity index (χ1v) is 14.6. The van der Waals surface area contributed by atoms with E-state index in [1.54, 1.807) is 0 Å². The molecular weight excluding hydrogens is 518 g/mol. The van der Waals surface area contributed by atoms with Gasteiger partial charge in [-0.05, 0) is 53.4 Å². The average molecular weight is 554 g/mol. The number of nitriles is 1. The van der Waals surface area contributed by atoms with Gasteiger partial charge < -0.3 is 15.8 Å². The van der Waals surface area contributed by atoms with Crippen LogP contribution in [0.3, 0.4) is 0 Å². The summed E-state index contributed by atoms with van der Waals surface area (Å²) < 4.78 is 5.42. The Hall–Kier alpha value is -4.54. The number of nitrogens with two attached hydrogens (primary N) is 1. The molecule has 0 bridgehead atoms. The number of morpholine rings is 1. The summed E-state index contributed by atoms with van der Waals surface area (Å²) in [6, 6.07) is 35.4. The molecule has 2 heterocycles. The molecule has 6 heteroatoms. The highest BCUT2D eigenvalue weighted by molar-refractivity contribution is 5.98. The van der Waals surface area contributed by atoms with Gasteiger partial charge in [-0.3, -0.25) is 4.90 Å². The SMILES string of the molecule is N#Cc1c(-c2ccc(-c3ccccc3)cc2)nc2cc(-c3ccc(CNCCCN4CCOCC4)cc3)ccc2c1N. The lowest BCUT2D eigenvalue weighted by Crippen LogP contribution is -2.37. The van der Waals surface area contributed by atoms with Crippen molar-refractivity contribution in [3.63, 3.8) is 0 Å². The van der Waals surface area contributed by atoms with Crippen LogP contribution in [0.4, 0.5) is 5.69 Å². The maximum atomic E-state index is 9.98. The first kappa shape index (κ1) is 27.6. The maximum Gasteiger partial charge on any atom is 0.104 e. The van der Waals surface area contributed by atoms with Crippen molar-refractivity contribution in [3.05, 3.63) is 108 Å². The standard InChI is InChI=1S/C36H35N5O/c37-24-33-35(38)32-16-15-31(29-9-7-26(8-10-29)25-39-17-4-18-41-19-21-42-22-20-41)23-34(32)40-36(33)30-13-11-28(12-14-30)27-5-2-1-3-6-27/h1-3,5-16,23,39H,4,17-22,25H2,(H2,38,40). The summed E-state index contributed by atoms with van der Waals surface area (Å²) in [5.74, 6) is 0.